The Morgan fingerprint density at radius 2 is 1.44 bits per heavy atom. The number of hydrogen-bond acceptors (Lipinski definition) is 6. The van der Waals surface area contributed by atoms with Crippen molar-refractivity contribution in [3.63, 3.8) is 0 Å². The first-order valence-corrected chi connectivity index (χ1v) is 15.9. The fourth-order valence-electron chi connectivity index (χ4n) is 5.63. The van der Waals surface area contributed by atoms with Crippen LogP contribution in [-0.2, 0) is 11.4 Å². The Morgan fingerprint density at radius 3 is 2.12 bits per heavy atom. The van der Waals surface area contributed by atoms with Crippen LogP contribution >= 0.6 is 0 Å². The van der Waals surface area contributed by atoms with Crippen molar-refractivity contribution in [2.45, 2.75) is 34.3 Å². The molecule has 3 heterocycles. The van der Waals surface area contributed by atoms with Crippen LogP contribution in [-0.4, -0.2) is 33.8 Å². The number of hydrogen-bond donors (Lipinski definition) is 2. The number of nitrogens with zero attached hydrogens (tertiary/aromatic N) is 3. The third-order valence-electron chi connectivity index (χ3n) is 8.05. The van der Waals surface area contributed by atoms with Crippen molar-refractivity contribution in [1.29, 1.82) is 0 Å². The van der Waals surface area contributed by atoms with Crippen molar-refractivity contribution in [3.05, 3.63) is 149 Å². The lowest BCUT2D eigenvalue weighted by Crippen LogP contribution is -2.20. The first-order valence-electron chi connectivity index (χ1n) is 15.9. The van der Waals surface area contributed by atoms with Gasteiger partial charge in [0.25, 0.3) is 5.91 Å². The Kier molecular flexibility index (Phi) is 9.94. The maximum atomic E-state index is 13.4. The fourth-order valence-corrected chi connectivity index (χ4v) is 5.63. The zero-order valence-corrected chi connectivity index (χ0v) is 28.1. The quantitative estimate of drug-likeness (QED) is 0.103. The van der Waals surface area contributed by atoms with Crippen molar-refractivity contribution < 1.29 is 27.9 Å². The van der Waals surface area contributed by atoms with Gasteiger partial charge < -0.3 is 28.3 Å². The number of halogens is 1. The average Bonchev–Trinajstić information content (AvgIpc) is 3.80. The summed E-state index contributed by atoms with van der Waals surface area (Å²) in [6.07, 6.45) is 1.58. The van der Waals surface area contributed by atoms with Gasteiger partial charge in [-0.3, -0.25) is 9.59 Å². The summed E-state index contributed by atoms with van der Waals surface area (Å²) in [5, 5.41) is 6.75. The van der Waals surface area contributed by atoms with Crippen LogP contribution in [0, 0.1) is 33.5 Å². The summed E-state index contributed by atoms with van der Waals surface area (Å²) in [7, 11) is 0. The van der Waals surface area contributed by atoms with E-state index >= 15 is 0 Å². The first kappa shape index (κ1) is 33.5. The van der Waals surface area contributed by atoms with E-state index in [4.69, 9.17) is 13.9 Å². The minimum Gasteiger partial charge on any atom is -0.486 e. The van der Waals surface area contributed by atoms with Crippen LogP contribution < -0.4 is 20.2 Å². The molecule has 3 aromatic heterocycles. The SMILES string of the molecule is Cc1ccc(C)n1-c1ccc(OCc2ccc(C(=O)N/N=C/c3cc(C)n(-c4ccc(OCC(=O)Nc5cccc(F)c5)cc4)c3C)o2)cc1. The molecule has 2 amide bonds. The topological polar surface area (TPSA) is 112 Å². The molecule has 0 saturated heterocycles. The number of rotatable bonds is 12. The maximum Gasteiger partial charge on any atom is 0.307 e. The zero-order chi connectivity index (χ0) is 35.2. The van der Waals surface area contributed by atoms with Gasteiger partial charge >= 0.3 is 5.91 Å². The Labute approximate surface area is 288 Å². The number of amides is 2. The molecule has 6 rings (SSSR count). The van der Waals surface area contributed by atoms with Gasteiger partial charge in [0.15, 0.2) is 12.4 Å². The summed E-state index contributed by atoms with van der Waals surface area (Å²) in [4.78, 5) is 24.9. The number of anilines is 1. The number of carbonyl (C=O) groups is 2. The van der Waals surface area contributed by atoms with E-state index in [1.54, 1.807) is 36.5 Å². The molecule has 0 aliphatic carbocycles. The average molecular weight is 674 g/mol. The Bertz CT molecular complexity index is 2140. The smallest absolute Gasteiger partial charge is 0.307 e. The molecule has 254 valence electrons. The fraction of sp³-hybridized carbons (Fsp3) is 0.154. The van der Waals surface area contributed by atoms with Crippen LogP contribution in [0.15, 0.2) is 113 Å². The summed E-state index contributed by atoms with van der Waals surface area (Å²) in [6, 6.07) is 30.2. The largest absolute Gasteiger partial charge is 0.486 e. The van der Waals surface area contributed by atoms with Crippen molar-refractivity contribution in [3.8, 4) is 22.9 Å². The maximum absolute atomic E-state index is 13.4. The molecule has 0 unspecified atom stereocenters. The van der Waals surface area contributed by atoms with E-state index in [-0.39, 0.29) is 19.0 Å². The van der Waals surface area contributed by atoms with E-state index in [1.165, 1.54) is 18.2 Å². The number of carbonyl (C=O) groups excluding carboxylic acids is 2. The summed E-state index contributed by atoms with van der Waals surface area (Å²) in [6.45, 7) is 8.00. The second-order valence-corrected chi connectivity index (χ2v) is 11.7. The van der Waals surface area contributed by atoms with Gasteiger partial charge in [-0.15, -0.1) is 0 Å². The van der Waals surface area contributed by atoms with E-state index in [0.717, 1.165) is 39.7 Å². The van der Waals surface area contributed by atoms with Crippen molar-refractivity contribution in [2.75, 3.05) is 11.9 Å². The van der Waals surface area contributed by atoms with Crippen LogP contribution in [0.2, 0.25) is 0 Å². The third kappa shape index (κ3) is 7.84. The molecule has 0 aliphatic heterocycles. The van der Waals surface area contributed by atoms with Crippen molar-refractivity contribution >= 4 is 23.7 Å². The summed E-state index contributed by atoms with van der Waals surface area (Å²) >= 11 is 0. The van der Waals surface area contributed by atoms with Crippen LogP contribution in [0.25, 0.3) is 11.4 Å². The highest BCUT2D eigenvalue weighted by Gasteiger charge is 2.13. The summed E-state index contributed by atoms with van der Waals surface area (Å²) in [5.41, 5.74) is 9.83. The highest BCUT2D eigenvalue weighted by atomic mass is 19.1. The van der Waals surface area contributed by atoms with Gasteiger partial charge in [-0.2, -0.15) is 5.10 Å². The van der Waals surface area contributed by atoms with E-state index < -0.39 is 17.6 Å². The lowest BCUT2D eigenvalue weighted by atomic mass is 10.2. The second kappa shape index (κ2) is 14.8. The van der Waals surface area contributed by atoms with E-state index in [1.807, 2.05) is 60.9 Å². The van der Waals surface area contributed by atoms with E-state index in [9.17, 15) is 14.0 Å². The predicted molar refractivity (Wildman–Crippen MR) is 189 cm³/mol. The minimum absolute atomic E-state index is 0.119. The van der Waals surface area contributed by atoms with E-state index in [0.29, 0.717) is 22.9 Å². The van der Waals surface area contributed by atoms with Gasteiger partial charge in [0, 0.05) is 45.4 Å². The standard InChI is InChI=1S/C39H36FN5O5/c1-25-8-9-26(2)44(25)32-10-14-34(15-11-32)48-23-36-18-19-37(50-36)39(47)43-41-22-29-20-27(3)45(28(29)4)33-12-16-35(17-13-33)49-24-38(46)42-31-7-5-6-30(40)21-31/h5-22H,23-24H2,1-4H3,(H,42,46)(H,43,47)/b41-22+. The highest BCUT2D eigenvalue weighted by molar-refractivity contribution is 5.93. The first-order chi connectivity index (χ1) is 24.1. The minimum atomic E-state index is -0.483. The van der Waals surface area contributed by atoms with Crippen LogP contribution in [0.1, 0.15) is 44.7 Å². The van der Waals surface area contributed by atoms with E-state index in [2.05, 4.69) is 46.4 Å². The molecule has 2 N–H and O–H groups in total. The number of benzene rings is 3. The second-order valence-electron chi connectivity index (χ2n) is 11.7. The Balaban J connectivity index is 0.996. The molecule has 0 fully saturated rings. The molecule has 6 aromatic rings. The van der Waals surface area contributed by atoms with Gasteiger partial charge in [-0.1, -0.05) is 6.07 Å². The molecule has 11 heteroatoms. The number of nitrogens with one attached hydrogen (secondary N) is 2. The van der Waals surface area contributed by atoms with Gasteiger partial charge in [0.05, 0.1) is 6.21 Å². The molecule has 0 atom stereocenters. The van der Waals surface area contributed by atoms with Gasteiger partial charge in [0.1, 0.15) is 29.7 Å². The van der Waals surface area contributed by atoms with Gasteiger partial charge in [-0.25, -0.2) is 9.82 Å². The number of aryl methyl sites for hydroxylation is 3. The molecule has 0 spiro atoms. The number of ether oxygens (including phenoxy) is 2. The summed E-state index contributed by atoms with van der Waals surface area (Å²) < 4.78 is 34.7. The molecule has 50 heavy (non-hydrogen) atoms. The number of furan rings is 1. The third-order valence-corrected chi connectivity index (χ3v) is 8.05. The normalized spacial score (nSPS) is 11.1. The molecule has 0 saturated carbocycles. The summed E-state index contributed by atoms with van der Waals surface area (Å²) in [5.74, 6) is 0.509. The monoisotopic (exact) mass is 673 g/mol. The molecular weight excluding hydrogens is 637 g/mol. The Hall–Kier alpha value is -6.36. The molecular formula is C39H36FN5O5. The lowest BCUT2D eigenvalue weighted by molar-refractivity contribution is -0.118. The van der Waals surface area contributed by atoms with Gasteiger partial charge in [0.2, 0.25) is 0 Å². The molecule has 3 aromatic carbocycles. The number of hydrazone groups is 1. The number of aromatic nitrogens is 2. The molecule has 0 aliphatic rings. The highest BCUT2D eigenvalue weighted by Crippen LogP contribution is 2.23. The van der Waals surface area contributed by atoms with Crippen LogP contribution in [0.4, 0.5) is 10.1 Å². The van der Waals surface area contributed by atoms with Crippen LogP contribution in [0.3, 0.4) is 0 Å². The van der Waals surface area contributed by atoms with Crippen molar-refractivity contribution in [2.24, 2.45) is 5.10 Å². The molecule has 10 nitrogen and oxygen atoms in total. The van der Waals surface area contributed by atoms with Crippen LogP contribution in [0.5, 0.6) is 11.5 Å². The predicted octanol–water partition coefficient (Wildman–Crippen LogP) is 7.59. The Morgan fingerprint density at radius 1 is 0.780 bits per heavy atom. The van der Waals surface area contributed by atoms with Gasteiger partial charge in [-0.05, 0) is 125 Å². The molecule has 0 bridgehead atoms. The zero-order valence-electron chi connectivity index (χ0n) is 28.1. The van der Waals surface area contributed by atoms with Crippen molar-refractivity contribution in [1.82, 2.24) is 14.6 Å². The lowest BCUT2D eigenvalue weighted by Gasteiger charge is -2.11. The molecule has 0 radical (unpaired) electrons.